The number of hydrogen-bond acceptors (Lipinski definition) is 4. The summed E-state index contributed by atoms with van der Waals surface area (Å²) in [6, 6.07) is 5.07. The largest absolute Gasteiger partial charge is 0.460 e. The third-order valence-corrected chi connectivity index (χ3v) is 5.01. The predicted molar refractivity (Wildman–Crippen MR) is 110 cm³/mol. The molecule has 28 heavy (non-hydrogen) atoms. The zero-order valence-electron chi connectivity index (χ0n) is 16.3. The third-order valence-electron chi connectivity index (χ3n) is 4.35. The normalized spacial score (nSPS) is 15.7. The molecule has 0 aromatic heterocycles. The zero-order chi connectivity index (χ0) is 20.9. The van der Waals surface area contributed by atoms with Crippen molar-refractivity contribution in [2.24, 2.45) is 5.92 Å². The molecule has 0 N–H and O–H groups in total. The lowest BCUT2D eigenvalue weighted by atomic mass is 9.96. The van der Waals surface area contributed by atoms with Crippen molar-refractivity contribution in [1.82, 2.24) is 4.90 Å². The first kappa shape index (κ1) is 22.4. The number of nitrogens with zero attached hydrogens (tertiary/aromatic N) is 1. The number of benzene rings is 1. The van der Waals surface area contributed by atoms with E-state index in [0.29, 0.717) is 41.5 Å². The molecule has 1 aliphatic rings. The number of esters is 1. The van der Waals surface area contributed by atoms with E-state index >= 15 is 0 Å². The Kier molecular flexibility index (Phi) is 7.67. The molecule has 1 heterocycles. The molecule has 152 valence electrons. The van der Waals surface area contributed by atoms with Crippen LogP contribution < -0.4 is 0 Å². The van der Waals surface area contributed by atoms with Crippen LogP contribution in [0.25, 0.3) is 6.08 Å². The van der Waals surface area contributed by atoms with Gasteiger partial charge in [-0.2, -0.15) is 0 Å². The van der Waals surface area contributed by atoms with Crippen molar-refractivity contribution in [2.75, 3.05) is 13.1 Å². The lowest BCUT2D eigenvalue weighted by Gasteiger charge is -2.32. The number of piperidine rings is 1. The van der Waals surface area contributed by atoms with Gasteiger partial charge in [-0.1, -0.05) is 29.3 Å². The summed E-state index contributed by atoms with van der Waals surface area (Å²) in [7, 11) is 0. The summed E-state index contributed by atoms with van der Waals surface area (Å²) in [6.07, 6.45) is 3.70. The quantitative estimate of drug-likeness (QED) is 0.394. The topological polar surface area (TPSA) is 63.7 Å². The van der Waals surface area contributed by atoms with Crippen molar-refractivity contribution >= 4 is 46.9 Å². The molecule has 0 radical (unpaired) electrons. The van der Waals surface area contributed by atoms with E-state index in [1.165, 1.54) is 12.2 Å². The molecular formula is C21H25Cl2NO4. The first-order valence-electron chi connectivity index (χ1n) is 9.22. The molecule has 1 aromatic carbocycles. The van der Waals surface area contributed by atoms with Crippen LogP contribution >= 0.6 is 23.2 Å². The van der Waals surface area contributed by atoms with E-state index in [9.17, 15) is 14.4 Å². The fourth-order valence-corrected chi connectivity index (χ4v) is 3.44. The molecule has 2 rings (SSSR count). The number of amides is 1. The molecule has 0 unspecified atom stereocenters. The molecule has 1 aliphatic heterocycles. The lowest BCUT2D eigenvalue weighted by molar-refractivity contribution is -0.162. The summed E-state index contributed by atoms with van der Waals surface area (Å²) in [5, 5.41) is 0.874. The summed E-state index contributed by atoms with van der Waals surface area (Å²) in [4.78, 5) is 38.2. The number of ether oxygens (including phenoxy) is 1. The van der Waals surface area contributed by atoms with Gasteiger partial charge in [0.2, 0.25) is 5.91 Å². The summed E-state index contributed by atoms with van der Waals surface area (Å²) in [5.41, 5.74) is 0.0256. The van der Waals surface area contributed by atoms with Gasteiger partial charge >= 0.3 is 5.97 Å². The molecule has 0 aliphatic carbocycles. The van der Waals surface area contributed by atoms with Crippen LogP contribution in [0.15, 0.2) is 24.3 Å². The van der Waals surface area contributed by atoms with Crippen LogP contribution in [0.3, 0.4) is 0 Å². The summed E-state index contributed by atoms with van der Waals surface area (Å²) in [6.45, 7) is 6.38. The SMILES string of the molecule is CC(C)(C)OC(=O)C1CCN(C(=O)CC(=O)/C=C/c2c(Cl)cccc2Cl)CC1. The van der Waals surface area contributed by atoms with E-state index in [1.807, 2.05) is 20.8 Å². The average molecular weight is 426 g/mol. The first-order valence-corrected chi connectivity index (χ1v) is 9.98. The van der Waals surface area contributed by atoms with Gasteiger partial charge < -0.3 is 9.64 Å². The van der Waals surface area contributed by atoms with Crippen LogP contribution in [-0.4, -0.2) is 41.3 Å². The van der Waals surface area contributed by atoms with E-state index < -0.39 is 5.60 Å². The van der Waals surface area contributed by atoms with Crippen molar-refractivity contribution in [2.45, 2.75) is 45.6 Å². The van der Waals surface area contributed by atoms with E-state index in [0.717, 1.165) is 0 Å². The van der Waals surface area contributed by atoms with Crippen LogP contribution in [0.1, 0.15) is 45.6 Å². The minimum absolute atomic E-state index is 0.207. The number of halogens is 2. The highest BCUT2D eigenvalue weighted by Crippen LogP contribution is 2.26. The summed E-state index contributed by atoms with van der Waals surface area (Å²) in [5.74, 6) is -1.01. The van der Waals surface area contributed by atoms with Gasteiger partial charge in [-0.3, -0.25) is 14.4 Å². The maximum absolute atomic E-state index is 12.4. The predicted octanol–water partition coefficient (Wildman–Crippen LogP) is 4.55. The Hall–Kier alpha value is -1.85. The van der Waals surface area contributed by atoms with Gasteiger partial charge in [-0.25, -0.2) is 0 Å². The Bertz CT molecular complexity index is 755. The molecule has 1 aromatic rings. The Morgan fingerprint density at radius 3 is 2.25 bits per heavy atom. The first-order chi connectivity index (χ1) is 13.1. The molecule has 0 saturated carbocycles. The number of ketones is 1. The smallest absolute Gasteiger partial charge is 0.309 e. The van der Waals surface area contributed by atoms with Gasteiger partial charge in [-0.05, 0) is 57.9 Å². The van der Waals surface area contributed by atoms with Gasteiger partial charge in [0, 0.05) is 28.7 Å². The number of hydrogen-bond donors (Lipinski definition) is 0. The Labute approximate surface area is 175 Å². The van der Waals surface area contributed by atoms with Crippen LogP contribution in [-0.2, 0) is 19.1 Å². The van der Waals surface area contributed by atoms with Gasteiger partial charge in [-0.15, -0.1) is 0 Å². The Morgan fingerprint density at radius 1 is 1.14 bits per heavy atom. The van der Waals surface area contributed by atoms with Crippen LogP contribution in [0.5, 0.6) is 0 Å². The average Bonchev–Trinajstić information content (AvgIpc) is 2.60. The van der Waals surface area contributed by atoms with Crippen molar-refractivity contribution in [1.29, 1.82) is 0 Å². The second-order valence-electron chi connectivity index (χ2n) is 7.80. The molecule has 0 bridgehead atoms. The number of likely N-dealkylation sites (tertiary alicyclic amines) is 1. The number of rotatable bonds is 5. The van der Waals surface area contributed by atoms with Crippen LogP contribution in [0.2, 0.25) is 10.0 Å². The Balaban J connectivity index is 1.85. The van der Waals surface area contributed by atoms with E-state index in [1.54, 1.807) is 23.1 Å². The second kappa shape index (κ2) is 9.57. The van der Waals surface area contributed by atoms with Crippen LogP contribution in [0.4, 0.5) is 0 Å². The third kappa shape index (κ3) is 6.64. The summed E-state index contributed by atoms with van der Waals surface area (Å²) >= 11 is 12.1. The number of allylic oxidation sites excluding steroid dienone is 1. The molecule has 0 spiro atoms. The second-order valence-corrected chi connectivity index (χ2v) is 8.61. The molecule has 5 nitrogen and oxygen atoms in total. The van der Waals surface area contributed by atoms with Gasteiger partial charge in [0.15, 0.2) is 5.78 Å². The van der Waals surface area contributed by atoms with Crippen molar-refractivity contribution in [3.05, 3.63) is 39.9 Å². The highest BCUT2D eigenvalue weighted by molar-refractivity contribution is 6.37. The summed E-state index contributed by atoms with van der Waals surface area (Å²) < 4.78 is 5.40. The molecule has 0 atom stereocenters. The van der Waals surface area contributed by atoms with E-state index in [2.05, 4.69) is 0 Å². The maximum atomic E-state index is 12.4. The van der Waals surface area contributed by atoms with Crippen molar-refractivity contribution < 1.29 is 19.1 Å². The highest BCUT2D eigenvalue weighted by Gasteiger charge is 2.30. The molecule has 1 saturated heterocycles. The number of carbonyl (C=O) groups excluding carboxylic acids is 3. The minimum Gasteiger partial charge on any atom is -0.460 e. The van der Waals surface area contributed by atoms with Gasteiger partial charge in [0.05, 0.1) is 12.3 Å². The molecule has 7 heteroatoms. The van der Waals surface area contributed by atoms with Crippen molar-refractivity contribution in [3.63, 3.8) is 0 Å². The minimum atomic E-state index is -0.520. The van der Waals surface area contributed by atoms with Crippen molar-refractivity contribution in [3.8, 4) is 0 Å². The molecule has 1 amide bonds. The fraction of sp³-hybridized carbons (Fsp3) is 0.476. The monoisotopic (exact) mass is 425 g/mol. The maximum Gasteiger partial charge on any atom is 0.309 e. The molecular weight excluding hydrogens is 401 g/mol. The van der Waals surface area contributed by atoms with E-state index in [4.69, 9.17) is 27.9 Å². The van der Waals surface area contributed by atoms with Gasteiger partial charge in [0.1, 0.15) is 5.60 Å². The fourth-order valence-electron chi connectivity index (χ4n) is 2.92. The Morgan fingerprint density at radius 2 is 1.71 bits per heavy atom. The zero-order valence-corrected chi connectivity index (χ0v) is 17.8. The molecule has 1 fully saturated rings. The lowest BCUT2D eigenvalue weighted by Crippen LogP contribution is -2.42. The standard InChI is InChI=1S/C21H25Cl2NO4/c1-21(2,3)28-20(27)14-9-11-24(12-10-14)19(26)13-15(25)7-8-16-17(22)5-4-6-18(16)23/h4-8,14H,9-13H2,1-3H3/b8-7+. The number of carbonyl (C=O) groups is 3. The van der Waals surface area contributed by atoms with Crippen LogP contribution in [0, 0.1) is 5.92 Å². The van der Waals surface area contributed by atoms with E-state index in [-0.39, 0.29) is 30.0 Å². The van der Waals surface area contributed by atoms with Gasteiger partial charge in [0.25, 0.3) is 0 Å². The highest BCUT2D eigenvalue weighted by atomic mass is 35.5.